The van der Waals surface area contributed by atoms with Crippen LogP contribution in [-0.4, -0.2) is 6.04 Å². The Morgan fingerprint density at radius 2 is 1.80 bits per heavy atom. The van der Waals surface area contributed by atoms with E-state index in [2.05, 4.69) is 44.3 Å². The molecule has 1 aromatic carbocycles. The highest BCUT2D eigenvalue weighted by molar-refractivity contribution is 5.48. The van der Waals surface area contributed by atoms with Crippen molar-refractivity contribution in [2.75, 3.05) is 5.32 Å². The van der Waals surface area contributed by atoms with Gasteiger partial charge in [0.1, 0.15) is 0 Å². The van der Waals surface area contributed by atoms with Gasteiger partial charge in [0.25, 0.3) is 0 Å². The second-order valence-electron chi connectivity index (χ2n) is 5.10. The summed E-state index contributed by atoms with van der Waals surface area (Å²) in [5.41, 5.74) is 3.97. The monoisotopic (exact) mass is 203 g/mol. The Hall–Kier alpha value is -0.980. The van der Waals surface area contributed by atoms with Crippen LogP contribution < -0.4 is 5.32 Å². The standard InChI is InChI=1S/C14H21N/c1-10-6-11(2)8-14(7-10)15-12(3)9-13-4-5-13/h6-8,12-13,15H,4-5,9H2,1-3H3. The molecule has 0 aromatic heterocycles. The number of benzene rings is 1. The zero-order valence-corrected chi connectivity index (χ0v) is 10.0. The molecule has 0 amide bonds. The van der Waals surface area contributed by atoms with Gasteiger partial charge in [0.2, 0.25) is 0 Å². The molecule has 1 saturated carbocycles. The van der Waals surface area contributed by atoms with Gasteiger partial charge >= 0.3 is 0 Å². The second kappa shape index (κ2) is 4.26. The second-order valence-corrected chi connectivity index (χ2v) is 5.10. The van der Waals surface area contributed by atoms with E-state index < -0.39 is 0 Å². The first-order valence-corrected chi connectivity index (χ1v) is 5.98. The Morgan fingerprint density at radius 1 is 1.20 bits per heavy atom. The zero-order chi connectivity index (χ0) is 10.8. The Bertz CT molecular complexity index is 319. The normalized spacial score (nSPS) is 17.5. The van der Waals surface area contributed by atoms with E-state index >= 15 is 0 Å². The van der Waals surface area contributed by atoms with Gasteiger partial charge < -0.3 is 5.32 Å². The molecule has 0 spiro atoms. The first-order valence-electron chi connectivity index (χ1n) is 5.98. The molecule has 2 rings (SSSR count). The maximum absolute atomic E-state index is 3.59. The summed E-state index contributed by atoms with van der Waals surface area (Å²) in [4.78, 5) is 0. The van der Waals surface area contributed by atoms with E-state index in [0.29, 0.717) is 6.04 Å². The van der Waals surface area contributed by atoms with Gasteiger partial charge in [-0.2, -0.15) is 0 Å². The summed E-state index contributed by atoms with van der Waals surface area (Å²) < 4.78 is 0. The Kier molecular flexibility index (Phi) is 2.99. The van der Waals surface area contributed by atoms with Gasteiger partial charge in [-0.1, -0.05) is 18.9 Å². The highest BCUT2D eigenvalue weighted by Gasteiger charge is 2.23. The lowest BCUT2D eigenvalue weighted by atomic mass is 10.1. The van der Waals surface area contributed by atoms with Crippen molar-refractivity contribution in [2.24, 2.45) is 5.92 Å². The van der Waals surface area contributed by atoms with Crippen LogP contribution in [0.2, 0.25) is 0 Å². The zero-order valence-electron chi connectivity index (χ0n) is 10.0. The average Bonchev–Trinajstić information content (AvgIpc) is 2.85. The molecular weight excluding hydrogens is 182 g/mol. The molecule has 1 nitrogen and oxygen atoms in total. The third kappa shape index (κ3) is 3.26. The average molecular weight is 203 g/mol. The summed E-state index contributed by atoms with van der Waals surface area (Å²) in [5, 5.41) is 3.59. The molecule has 0 aliphatic heterocycles. The molecule has 1 heteroatoms. The van der Waals surface area contributed by atoms with Crippen molar-refractivity contribution in [1.29, 1.82) is 0 Å². The maximum Gasteiger partial charge on any atom is 0.0347 e. The molecule has 1 fully saturated rings. The summed E-state index contributed by atoms with van der Waals surface area (Å²) >= 11 is 0. The van der Waals surface area contributed by atoms with Crippen LogP contribution in [-0.2, 0) is 0 Å². The Morgan fingerprint density at radius 3 is 2.33 bits per heavy atom. The van der Waals surface area contributed by atoms with Gasteiger partial charge in [0, 0.05) is 11.7 Å². The molecule has 1 aromatic rings. The van der Waals surface area contributed by atoms with E-state index in [4.69, 9.17) is 0 Å². The minimum atomic E-state index is 0.610. The van der Waals surface area contributed by atoms with Crippen molar-refractivity contribution in [1.82, 2.24) is 0 Å². The van der Waals surface area contributed by atoms with Crippen molar-refractivity contribution in [3.63, 3.8) is 0 Å². The number of hydrogen-bond acceptors (Lipinski definition) is 1. The molecule has 0 bridgehead atoms. The fraction of sp³-hybridized carbons (Fsp3) is 0.571. The largest absolute Gasteiger partial charge is 0.383 e. The van der Waals surface area contributed by atoms with Crippen LogP contribution in [0.25, 0.3) is 0 Å². The van der Waals surface area contributed by atoms with Crippen LogP contribution in [0.4, 0.5) is 5.69 Å². The van der Waals surface area contributed by atoms with Gasteiger partial charge in [-0.25, -0.2) is 0 Å². The lowest BCUT2D eigenvalue weighted by Crippen LogP contribution is -2.15. The van der Waals surface area contributed by atoms with Gasteiger partial charge in [0.15, 0.2) is 0 Å². The molecule has 1 atom stereocenters. The third-order valence-corrected chi connectivity index (χ3v) is 3.02. The maximum atomic E-state index is 3.59. The Balaban J connectivity index is 1.96. The van der Waals surface area contributed by atoms with Crippen LogP contribution in [0.1, 0.15) is 37.3 Å². The Labute approximate surface area is 92.9 Å². The molecule has 15 heavy (non-hydrogen) atoms. The van der Waals surface area contributed by atoms with E-state index in [1.54, 1.807) is 0 Å². The number of nitrogens with one attached hydrogen (secondary N) is 1. The van der Waals surface area contributed by atoms with Gasteiger partial charge in [-0.3, -0.25) is 0 Å². The molecule has 1 aliphatic carbocycles. The fourth-order valence-corrected chi connectivity index (χ4v) is 2.26. The first kappa shape index (κ1) is 10.5. The molecule has 0 saturated heterocycles. The molecule has 0 radical (unpaired) electrons. The quantitative estimate of drug-likeness (QED) is 0.782. The van der Waals surface area contributed by atoms with Crippen LogP contribution in [0.5, 0.6) is 0 Å². The summed E-state index contributed by atoms with van der Waals surface area (Å²) in [7, 11) is 0. The highest BCUT2D eigenvalue weighted by Crippen LogP contribution is 2.34. The van der Waals surface area contributed by atoms with Gasteiger partial charge in [0.05, 0.1) is 0 Å². The predicted molar refractivity (Wildman–Crippen MR) is 66.3 cm³/mol. The summed E-state index contributed by atoms with van der Waals surface area (Å²) in [6.07, 6.45) is 4.21. The van der Waals surface area contributed by atoms with Gasteiger partial charge in [-0.05, 0) is 56.4 Å². The minimum Gasteiger partial charge on any atom is -0.383 e. The van der Waals surface area contributed by atoms with Crippen LogP contribution in [0.3, 0.4) is 0 Å². The highest BCUT2D eigenvalue weighted by atomic mass is 14.9. The number of hydrogen-bond donors (Lipinski definition) is 1. The van der Waals surface area contributed by atoms with Crippen LogP contribution in [0.15, 0.2) is 18.2 Å². The van der Waals surface area contributed by atoms with E-state index in [-0.39, 0.29) is 0 Å². The van der Waals surface area contributed by atoms with Crippen molar-refractivity contribution in [2.45, 2.75) is 46.1 Å². The van der Waals surface area contributed by atoms with Crippen molar-refractivity contribution in [3.05, 3.63) is 29.3 Å². The van der Waals surface area contributed by atoms with E-state index in [0.717, 1.165) is 5.92 Å². The van der Waals surface area contributed by atoms with Crippen LogP contribution >= 0.6 is 0 Å². The number of rotatable bonds is 4. The number of aryl methyl sites for hydroxylation is 2. The van der Waals surface area contributed by atoms with Gasteiger partial charge in [-0.15, -0.1) is 0 Å². The molecule has 1 unspecified atom stereocenters. The summed E-state index contributed by atoms with van der Waals surface area (Å²) in [5.74, 6) is 0.999. The summed E-state index contributed by atoms with van der Waals surface area (Å²) in [6, 6.07) is 7.29. The molecule has 0 heterocycles. The minimum absolute atomic E-state index is 0.610. The predicted octanol–water partition coefficient (Wildman–Crippen LogP) is 3.90. The van der Waals surface area contributed by atoms with Crippen molar-refractivity contribution >= 4 is 5.69 Å². The molecular formula is C14H21N. The van der Waals surface area contributed by atoms with Crippen molar-refractivity contribution < 1.29 is 0 Å². The number of anilines is 1. The molecule has 1 aliphatic rings. The lowest BCUT2D eigenvalue weighted by molar-refractivity contribution is 0.642. The van der Waals surface area contributed by atoms with E-state index in [1.165, 1.54) is 36.1 Å². The van der Waals surface area contributed by atoms with E-state index in [1.807, 2.05) is 0 Å². The third-order valence-electron chi connectivity index (χ3n) is 3.02. The topological polar surface area (TPSA) is 12.0 Å². The smallest absolute Gasteiger partial charge is 0.0347 e. The SMILES string of the molecule is Cc1cc(C)cc(NC(C)CC2CC2)c1. The molecule has 82 valence electrons. The van der Waals surface area contributed by atoms with Crippen LogP contribution in [0, 0.1) is 19.8 Å². The van der Waals surface area contributed by atoms with E-state index in [9.17, 15) is 0 Å². The lowest BCUT2D eigenvalue weighted by Gasteiger charge is -2.15. The molecule has 1 N–H and O–H groups in total. The summed E-state index contributed by atoms with van der Waals surface area (Å²) in [6.45, 7) is 6.60. The first-order chi connectivity index (χ1) is 7.13. The fourth-order valence-electron chi connectivity index (χ4n) is 2.26. The van der Waals surface area contributed by atoms with Crippen molar-refractivity contribution in [3.8, 4) is 0 Å².